The third-order valence-electron chi connectivity index (χ3n) is 4.47. The SMILES string of the molecule is CS(=O)(=O)c1ccccc1NC(=O)CN1CCN(c2cccc(Cl)c2)CC1. The number of carbonyl (C=O) groups is 1. The average molecular weight is 408 g/mol. The molecule has 6 nitrogen and oxygen atoms in total. The Labute approximate surface area is 164 Å². The molecule has 8 heteroatoms. The molecule has 1 heterocycles. The molecule has 0 radical (unpaired) electrons. The highest BCUT2D eigenvalue weighted by Crippen LogP contribution is 2.22. The van der Waals surface area contributed by atoms with Crippen LogP contribution in [0.4, 0.5) is 11.4 Å². The molecule has 0 bridgehead atoms. The maximum absolute atomic E-state index is 12.4. The Bertz CT molecular complexity index is 925. The van der Waals surface area contributed by atoms with Crippen molar-refractivity contribution in [2.24, 2.45) is 0 Å². The van der Waals surface area contributed by atoms with Gasteiger partial charge in [-0.2, -0.15) is 0 Å². The van der Waals surface area contributed by atoms with Gasteiger partial charge in [-0.1, -0.05) is 29.8 Å². The van der Waals surface area contributed by atoms with Gasteiger partial charge in [-0.05, 0) is 30.3 Å². The Hall–Kier alpha value is -2.09. The molecule has 2 aromatic carbocycles. The molecular weight excluding hydrogens is 386 g/mol. The first-order valence-corrected chi connectivity index (χ1v) is 10.9. The van der Waals surface area contributed by atoms with E-state index in [4.69, 9.17) is 11.6 Å². The number of piperazine rings is 1. The summed E-state index contributed by atoms with van der Waals surface area (Å²) in [7, 11) is -3.40. The number of halogens is 1. The quantitative estimate of drug-likeness (QED) is 0.824. The van der Waals surface area contributed by atoms with Gasteiger partial charge < -0.3 is 10.2 Å². The van der Waals surface area contributed by atoms with Crippen LogP contribution in [-0.4, -0.2) is 58.2 Å². The molecule has 1 N–H and O–H groups in total. The summed E-state index contributed by atoms with van der Waals surface area (Å²) in [5.74, 6) is -0.220. The molecule has 0 atom stereocenters. The van der Waals surface area contributed by atoms with Crippen LogP contribution in [0.1, 0.15) is 0 Å². The second-order valence-corrected chi connectivity index (χ2v) is 8.98. The summed E-state index contributed by atoms with van der Waals surface area (Å²) in [5, 5.41) is 3.43. The largest absolute Gasteiger partial charge is 0.369 e. The van der Waals surface area contributed by atoms with Gasteiger partial charge in [0.1, 0.15) is 0 Å². The minimum absolute atomic E-state index is 0.129. The third kappa shape index (κ3) is 5.22. The van der Waals surface area contributed by atoms with Gasteiger partial charge in [0.15, 0.2) is 9.84 Å². The number of nitrogens with one attached hydrogen (secondary N) is 1. The second-order valence-electron chi connectivity index (χ2n) is 6.56. The maximum Gasteiger partial charge on any atom is 0.238 e. The number of amides is 1. The van der Waals surface area contributed by atoms with Crippen LogP contribution in [0.3, 0.4) is 0 Å². The summed E-state index contributed by atoms with van der Waals surface area (Å²) in [4.78, 5) is 16.8. The van der Waals surface area contributed by atoms with Crippen LogP contribution in [0.15, 0.2) is 53.4 Å². The van der Waals surface area contributed by atoms with E-state index in [0.29, 0.717) is 10.7 Å². The fourth-order valence-corrected chi connectivity index (χ4v) is 4.15. The molecule has 0 aliphatic carbocycles. The van der Waals surface area contributed by atoms with Gasteiger partial charge in [-0.15, -0.1) is 0 Å². The van der Waals surface area contributed by atoms with E-state index >= 15 is 0 Å². The summed E-state index contributed by atoms with van der Waals surface area (Å²) >= 11 is 6.05. The van der Waals surface area contributed by atoms with Crippen molar-refractivity contribution >= 4 is 38.7 Å². The number of sulfone groups is 1. The summed E-state index contributed by atoms with van der Waals surface area (Å²) in [5.41, 5.74) is 1.40. The number of nitrogens with zero attached hydrogens (tertiary/aromatic N) is 2. The molecule has 1 fully saturated rings. The van der Waals surface area contributed by atoms with Crippen LogP contribution in [0.25, 0.3) is 0 Å². The van der Waals surface area contributed by atoms with Crippen LogP contribution >= 0.6 is 11.6 Å². The number of rotatable bonds is 5. The van der Waals surface area contributed by atoms with Crippen LogP contribution < -0.4 is 10.2 Å². The number of para-hydroxylation sites is 1. The molecule has 0 aromatic heterocycles. The Balaban J connectivity index is 1.56. The zero-order valence-electron chi connectivity index (χ0n) is 15.1. The van der Waals surface area contributed by atoms with Crippen molar-refractivity contribution in [3.63, 3.8) is 0 Å². The van der Waals surface area contributed by atoms with Crippen molar-refractivity contribution in [3.05, 3.63) is 53.6 Å². The van der Waals surface area contributed by atoms with Gasteiger partial charge in [-0.25, -0.2) is 8.42 Å². The lowest BCUT2D eigenvalue weighted by molar-refractivity contribution is -0.117. The van der Waals surface area contributed by atoms with Gasteiger partial charge >= 0.3 is 0 Å². The number of benzene rings is 2. The van der Waals surface area contributed by atoms with Gasteiger partial charge in [0.2, 0.25) is 5.91 Å². The van der Waals surface area contributed by atoms with E-state index in [2.05, 4.69) is 15.1 Å². The fourth-order valence-electron chi connectivity index (χ4n) is 3.12. The Morgan fingerprint density at radius 1 is 1.07 bits per heavy atom. The molecule has 2 aromatic rings. The van der Waals surface area contributed by atoms with E-state index in [1.165, 1.54) is 6.07 Å². The van der Waals surface area contributed by atoms with Gasteiger partial charge in [0, 0.05) is 43.1 Å². The monoisotopic (exact) mass is 407 g/mol. The molecule has 0 spiro atoms. The fraction of sp³-hybridized carbons (Fsp3) is 0.316. The van der Waals surface area contributed by atoms with E-state index in [0.717, 1.165) is 38.1 Å². The Kier molecular flexibility index (Phi) is 6.04. The number of carbonyl (C=O) groups excluding carboxylic acids is 1. The second kappa shape index (κ2) is 8.29. The van der Waals surface area contributed by atoms with Crippen LogP contribution in [0.5, 0.6) is 0 Å². The van der Waals surface area contributed by atoms with Crippen molar-refractivity contribution < 1.29 is 13.2 Å². The minimum atomic E-state index is -3.40. The molecular formula is C19H22ClN3O3S. The number of hydrogen-bond donors (Lipinski definition) is 1. The highest BCUT2D eigenvalue weighted by Gasteiger charge is 2.20. The number of hydrogen-bond acceptors (Lipinski definition) is 5. The van der Waals surface area contributed by atoms with E-state index in [1.807, 2.05) is 24.3 Å². The Morgan fingerprint density at radius 3 is 2.44 bits per heavy atom. The van der Waals surface area contributed by atoms with E-state index < -0.39 is 9.84 Å². The molecule has 0 saturated carbocycles. The van der Waals surface area contributed by atoms with Crippen molar-refractivity contribution in [1.29, 1.82) is 0 Å². The molecule has 1 aliphatic rings. The summed E-state index contributed by atoms with van der Waals surface area (Å²) in [6, 6.07) is 14.2. The first kappa shape index (κ1) is 19.7. The minimum Gasteiger partial charge on any atom is -0.369 e. The van der Waals surface area contributed by atoms with E-state index in [9.17, 15) is 13.2 Å². The first-order valence-electron chi connectivity index (χ1n) is 8.65. The zero-order valence-corrected chi connectivity index (χ0v) is 16.6. The van der Waals surface area contributed by atoms with Crippen molar-refractivity contribution in [2.75, 3.05) is 49.2 Å². The van der Waals surface area contributed by atoms with Crippen LogP contribution in [0.2, 0.25) is 5.02 Å². The normalized spacial score (nSPS) is 15.6. The summed E-state index contributed by atoms with van der Waals surface area (Å²) < 4.78 is 23.7. The lowest BCUT2D eigenvalue weighted by atomic mass is 10.2. The number of anilines is 2. The van der Waals surface area contributed by atoms with Crippen LogP contribution in [-0.2, 0) is 14.6 Å². The van der Waals surface area contributed by atoms with Gasteiger partial charge in [0.25, 0.3) is 0 Å². The molecule has 0 unspecified atom stereocenters. The first-order chi connectivity index (χ1) is 12.8. The lowest BCUT2D eigenvalue weighted by Crippen LogP contribution is -2.48. The average Bonchev–Trinajstić information content (AvgIpc) is 2.62. The van der Waals surface area contributed by atoms with Crippen molar-refractivity contribution in [2.45, 2.75) is 4.90 Å². The highest BCUT2D eigenvalue weighted by atomic mass is 35.5. The van der Waals surface area contributed by atoms with Gasteiger partial charge in [-0.3, -0.25) is 9.69 Å². The molecule has 27 heavy (non-hydrogen) atoms. The third-order valence-corrected chi connectivity index (χ3v) is 5.86. The predicted octanol–water partition coefficient (Wildman–Crippen LogP) is 2.50. The van der Waals surface area contributed by atoms with Crippen LogP contribution in [0, 0.1) is 0 Å². The lowest BCUT2D eigenvalue weighted by Gasteiger charge is -2.35. The molecule has 1 saturated heterocycles. The highest BCUT2D eigenvalue weighted by molar-refractivity contribution is 7.90. The molecule has 3 rings (SSSR count). The smallest absolute Gasteiger partial charge is 0.238 e. The maximum atomic E-state index is 12.4. The summed E-state index contributed by atoms with van der Waals surface area (Å²) in [6.07, 6.45) is 1.13. The topological polar surface area (TPSA) is 69.7 Å². The summed E-state index contributed by atoms with van der Waals surface area (Å²) in [6.45, 7) is 3.31. The van der Waals surface area contributed by atoms with E-state index in [1.54, 1.807) is 18.2 Å². The molecule has 1 aliphatic heterocycles. The van der Waals surface area contributed by atoms with E-state index in [-0.39, 0.29) is 17.3 Å². The molecule has 1 amide bonds. The van der Waals surface area contributed by atoms with Crippen molar-refractivity contribution in [3.8, 4) is 0 Å². The van der Waals surface area contributed by atoms with Gasteiger partial charge in [0.05, 0.1) is 17.1 Å². The predicted molar refractivity (Wildman–Crippen MR) is 108 cm³/mol. The standard InChI is InChI=1S/C19H22ClN3O3S/c1-27(25,26)18-8-3-2-7-17(18)21-19(24)14-22-9-11-23(12-10-22)16-6-4-5-15(20)13-16/h2-8,13H,9-12,14H2,1H3,(H,21,24). The van der Waals surface area contributed by atoms with Crippen molar-refractivity contribution in [1.82, 2.24) is 4.90 Å². The molecule has 144 valence electrons. The Morgan fingerprint density at radius 2 is 1.78 bits per heavy atom. The zero-order chi connectivity index (χ0) is 19.4.